The van der Waals surface area contributed by atoms with Crippen LogP contribution in [0.1, 0.15) is 12.8 Å². The first-order valence-electron chi connectivity index (χ1n) is 3.28. The van der Waals surface area contributed by atoms with Crippen molar-refractivity contribution in [2.75, 3.05) is 0 Å². The van der Waals surface area contributed by atoms with Crippen LogP contribution in [0.25, 0.3) is 0 Å². The maximum atomic E-state index is 10.3. The standard InChI is InChI=1S/C6H8O7.Au.ClH/c7-3(8)1-6(13,5(11)12)2-4(9)10;;/h13H,1-2H2,(H,7,8)(H,9,10)(H,11,12);;1H/q;+1;/p-1. The molecule has 92 valence electrons. The molecule has 0 radical (unpaired) electrons. The Labute approximate surface area is 100 Å². The molecule has 0 saturated heterocycles. The van der Waals surface area contributed by atoms with Crippen LogP contribution in [0, 0.1) is 0 Å². The van der Waals surface area contributed by atoms with Gasteiger partial charge in [-0.2, -0.15) is 0 Å². The summed E-state index contributed by atoms with van der Waals surface area (Å²) in [4.78, 5) is 30.5. The minimum absolute atomic E-state index is 1.14. The van der Waals surface area contributed by atoms with Crippen LogP contribution in [0.3, 0.4) is 0 Å². The molecule has 15 heavy (non-hydrogen) atoms. The summed E-state index contributed by atoms with van der Waals surface area (Å²) in [5, 5.41) is 33.8. The molecule has 0 heterocycles. The molecule has 0 aliphatic carbocycles. The van der Waals surface area contributed by atoms with E-state index < -0.39 is 36.4 Å². The molecule has 9 heteroatoms. The van der Waals surface area contributed by atoms with Crippen LogP contribution in [-0.2, 0) is 34.4 Å². The summed E-state index contributed by atoms with van der Waals surface area (Å²) in [7, 11) is 4.58. The third kappa shape index (κ3) is 7.34. The summed E-state index contributed by atoms with van der Waals surface area (Å²) in [5.41, 5.74) is -2.74. The van der Waals surface area contributed by atoms with Crippen LogP contribution in [-0.4, -0.2) is 43.9 Å². The number of aliphatic carboxylic acids is 3. The van der Waals surface area contributed by atoms with E-state index in [9.17, 15) is 14.4 Å². The second-order valence-corrected chi connectivity index (χ2v) is 2.48. The number of halogens is 1. The van der Waals surface area contributed by atoms with E-state index in [1.165, 1.54) is 0 Å². The monoisotopic (exact) mass is 424 g/mol. The zero-order valence-corrected chi connectivity index (χ0v) is 10.0. The summed E-state index contributed by atoms with van der Waals surface area (Å²) in [6, 6.07) is 0. The molecule has 0 aromatic heterocycles. The van der Waals surface area contributed by atoms with Gasteiger partial charge in [0.15, 0.2) is 5.60 Å². The van der Waals surface area contributed by atoms with Crippen LogP contribution in [0.15, 0.2) is 0 Å². The fourth-order valence-electron chi connectivity index (χ4n) is 0.714. The number of rotatable bonds is 5. The van der Waals surface area contributed by atoms with Crippen molar-refractivity contribution in [3.05, 3.63) is 0 Å². The van der Waals surface area contributed by atoms with Crippen molar-refractivity contribution in [3.8, 4) is 0 Å². The van der Waals surface area contributed by atoms with Crippen molar-refractivity contribution < 1.29 is 54.8 Å². The summed E-state index contributed by atoms with van der Waals surface area (Å²) in [5.74, 6) is -5.02. The van der Waals surface area contributed by atoms with E-state index in [4.69, 9.17) is 20.4 Å². The Bertz CT molecular complexity index is 238. The molecule has 4 N–H and O–H groups in total. The average Bonchev–Trinajstić information content (AvgIpc) is 2.04. The topological polar surface area (TPSA) is 132 Å². The predicted molar refractivity (Wildman–Crippen MR) is 42.9 cm³/mol. The van der Waals surface area contributed by atoms with Crippen LogP contribution < -0.4 is 0 Å². The molecule has 7 nitrogen and oxygen atoms in total. The van der Waals surface area contributed by atoms with Crippen molar-refractivity contribution >= 4 is 27.1 Å². The Morgan fingerprint density at radius 1 is 1.00 bits per heavy atom. The maximum absolute atomic E-state index is 10.3. The van der Waals surface area contributed by atoms with Gasteiger partial charge in [-0.05, 0) is 0 Å². The summed E-state index contributed by atoms with van der Waals surface area (Å²) >= 11 is 1.75. The summed E-state index contributed by atoms with van der Waals surface area (Å²) < 4.78 is 0. The van der Waals surface area contributed by atoms with Gasteiger partial charge in [0, 0.05) is 0 Å². The molecule has 0 unspecified atom stereocenters. The van der Waals surface area contributed by atoms with E-state index in [2.05, 4.69) is 9.19 Å². The Morgan fingerprint density at radius 2 is 1.27 bits per heavy atom. The molecule has 0 rings (SSSR count). The van der Waals surface area contributed by atoms with E-state index >= 15 is 0 Å². The van der Waals surface area contributed by atoms with Crippen molar-refractivity contribution in [3.63, 3.8) is 0 Å². The van der Waals surface area contributed by atoms with Crippen molar-refractivity contribution in [1.82, 2.24) is 0 Å². The molecule has 0 atom stereocenters. The second kappa shape index (κ2) is 7.66. The van der Waals surface area contributed by atoms with Crippen LogP contribution in [0.5, 0.6) is 0 Å². The Balaban J connectivity index is 0. The molecule has 0 bridgehead atoms. The average molecular weight is 425 g/mol. The molecule has 0 spiro atoms. The van der Waals surface area contributed by atoms with Gasteiger partial charge < -0.3 is 20.4 Å². The Morgan fingerprint density at radius 3 is 1.40 bits per heavy atom. The first kappa shape index (κ1) is 16.8. The van der Waals surface area contributed by atoms with Gasteiger partial charge in [0.1, 0.15) is 0 Å². The summed E-state index contributed by atoms with van der Waals surface area (Å²) in [6.07, 6.45) is -2.29. The zero-order valence-electron chi connectivity index (χ0n) is 7.11. The van der Waals surface area contributed by atoms with Crippen molar-refractivity contribution in [1.29, 1.82) is 0 Å². The van der Waals surface area contributed by atoms with E-state index in [0.29, 0.717) is 0 Å². The Kier molecular flexibility index (Phi) is 8.59. The summed E-state index contributed by atoms with van der Waals surface area (Å²) in [6.45, 7) is 0. The van der Waals surface area contributed by atoms with Crippen LogP contribution in [0.2, 0.25) is 0 Å². The number of carboxylic acid groups (broad SMARTS) is 3. The van der Waals surface area contributed by atoms with Gasteiger partial charge in [0.2, 0.25) is 0 Å². The minimum atomic E-state index is -2.74. The number of carboxylic acids is 3. The van der Waals surface area contributed by atoms with Gasteiger partial charge in [-0.15, -0.1) is 0 Å². The van der Waals surface area contributed by atoms with Gasteiger partial charge in [-0.25, -0.2) is 4.79 Å². The molecule has 0 aromatic carbocycles. The first-order valence-corrected chi connectivity index (χ1v) is 5.97. The van der Waals surface area contributed by atoms with E-state index in [1.54, 1.807) is 20.0 Å². The van der Waals surface area contributed by atoms with Gasteiger partial charge in [-0.3, -0.25) is 9.59 Å². The van der Waals surface area contributed by atoms with Crippen molar-refractivity contribution in [2.45, 2.75) is 18.4 Å². The number of hydrogen-bond donors (Lipinski definition) is 4. The predicted octanol–water partition coefficient (Wildman–Crippen LogP) is -0.561. The SMILES string of the molecule is O=C(O)CC(O)(CC(=O)O)C(=O)O.[Cl][Au]. The molecule has 0 saturated carbocycles. The van der Waals surface area contributed by atoms with E-state index in [1.807, 2.05) is 0 Å². The van der Waals surface area contributed by atoms with Gasteiger partial charge in [-0.1, -0.05) is 0 Å². The van der Waals surface area contributed by atoms with E-state index in [-0.39, 0.29) is 0 Å². The number of aliphatic hydroxyl groups is 1. The Hall–Kier alpha value is -0.600. The second-order valence-electron chi connectivity index (χ2n) is 2.48. The quantitative estimate of drug-likeness (QED) is 0.435. The van der Waals surface area contributed by atoms with Crippen LogP contribution >= 0.6 is 9.19 Å². The molecule has 0 aliphatic rings. The number of carbonyl (C=O) groups is 3. The normalized spacial score (nSPS) is 9.87. The first-order chi connectivity index (χ1) is 6.78. The fourth-order valence-corrected chi connectivity index (χ4v) is 0.714. The van der Waals surface area contributed by atoms with Gasteiger partial charge in [0.25, 0.3) is 0 Å². The molecule has 0 aliphatic heterocycles. The van der Waals surface area contributed by atoms with Crippen molar-refractivity contribution in [2.24, 2.45) is 0 Å². The molecular weight excluding hydrogens is 416 g/mol. The van der Waals surface area contributed by atoms with Gasteiger partial charge in [0.05, 0.1) is 12.8 Å². The van der Waals surface area contributed by atoms with Crippen LogP contribution in [0.4, 0.5) is 0 Å². The molecular formula is C6H8AuClO7. The third-order valence-corrected chi connectivity index (χ3v) is 1.29. The molecule has 0 amide bonds. The molecule has 0 fully saturated rings. The third-order valence-electron chi connectivity index (χ3n) is 1.29. The van der Waals surface area contributed by atoms with E-state index in [0.717, 1.165) is 0 Å². The zero-order chi connectivity index (χ0) is 12.6. The number of hydrogen-bond acceptors (Lipinski definition) is 4. The van der Waals surface area contributed by atoms with Gasteiger partial charge >= 0.3 is 47.1 Å². The fraction of sp³-hybridized carbons (Fsp3) is 0.500. The molecule has 0 aromatic rings.